The molecule has 2 bridgehead atoms. The number of urea groups is 1. The normalized spacial score (nSPS) is 24.9. The number of nitrogens with zero attached hydrogens (tertiary/aromatic N) is 4. The summed E-state index contributed by atoms with van der Waals surface area (Å²) in [5, 5.41) is 0. The molecule has 0 saturated carbocycles. The first kappa shape index (κ1) is 22.5. The molecule has 0 spiro atoms. The molecule has 2 aromatic heterocycles. The maximum absolute atomic E-state index is 13.6. The van der Waals surface area contributed by atoms with Crippen molar-refractivity contribution in [3.05, 3.63) is 55.0 Å². The molecular formula is C23H25BrN4O4S. The van der Waals surface area contributed by atoms with E-state index in [4.69, 9.17) is 0 Å². The van der Waals surface area contributed by atoms with Crippen LogP contribution in [0.2, 0.25) is 0 Å². The summed E-state index contributed by atoms with van der Waals surface area (Å²) in [5.74, 6) is -0.458. The smallest absolute Gasteiger partial charge is 0.312 e. The van der Waals surface area contributed by atoms with Crippen LogP contribution in [0.15, 0.2) is 38.9 Å². The third-order valence-electron chi connectivity index (χ3n) is 7.16. The van der Waals surface area contributed by atoms with Crippen LogP contribution < -0.4 is 5.56 Å². The zero-order valence-corrected chi connectivity index (χ0v) is 20.9. The molecule has 5 rings (SSSR count). The molecule has 4 amide bonds. The molecule has 3 aliphatic heterocycles. The van der Waals surface area contributed by atoms with Crippen molar-refractivity contribution >= 4 is 45.1 Å². The van der Waals surface area contributed by atoms with E-state index < -0.39 is 23.3 Å². The van der Waals surface area contributed by atoms with Crippen LogP contribution in [0.1, 0.15) is 22.9 Å². The van der Waals surface area contributed by atoms with E-state index in [1.807, 2.05) is 22.8 Å². The number of halogens is 1. The average molecular weight is 533 g/mol. The van der Waals surface area contributed by atoms with Crippen molar-refractivity contribution in [1.29, 1.82) is 0 Å². The quantitative estimate of drug-likeness (QED) is 0.564. The van der Waals surface area contributed by atoms with Gasteiger partial charge in [0.1, 0.15) is 5.41 Å². The molecule has 0 N–H and O–H groups in total. The SMILES string of the molecule is CN1C(=O)N(C)C(=O)C(Cc2ccc(Br)s2)(CN2C[C@@H]3C[C@H](C2)c2cccc(=O)n2C3)C1=O. The number of carbonyl (C=O) groups is 3. The highest BCUT2D eigenvalue weighted by Crippen LogP contribution is 2.40. The second kappa shape index (κ2) is 8.18. The third-order valence-corrected chi connectivity index (χ3v) is 8.78. The second-order valence-corrected chi connectivity index (χ2v) is 11.9. The lowest BCUT2D eigenvalue weighted by Gasteiger charge is -2.48. The van der Waals surface area contributed by atoms with Gasteiger partial charge in [0.15, 0.2) is 0 Å². The standard InChI is InChI=1S/C23H25BrN4O4S/c1-25-20(30)23(21(31)26(2)22(25)32,9-16-6-7-18(24)33-16)13-27-10-14-8-15(12-27)17-4-3-5-19(29)28(17)11-14/h3-7,14-15H,8-13H2,1-2H3/t14-,15+/m0/s1. The summed E-state index contributed by atoms with van der Waals surface area (Å²) in [4.78, 5) is 57.2. The summed E-state index contributed by atoms with van der Waals surface area (Å²) < 4.78 is 2.79. The number of likely N-dealkylation sites (tertiary alicyclic amines) is 1. The summed E-state index contributed by atoms with van der Waals surface area (Å²) in [6, 6.07) is 8.62. The molecule has 0 unspecified atom stereocenters. The first-order valence-electron chi connectivity index (χ1n) is 11.0. The van der Waals surface area contributed by atoms with Gasteiger partial charge in [0.2, 0.25) is 11.8 Å². The fraction of sp³-hybridized carbons (Fsp3) is 0.478. The zero-order valence-electron chi connectivity index (χ0n) is 18.5. The van der Waals surface area contributed by atoms with Gasteiger partial charge in [-0.05, 0) is 46.5 Å². The number of thiophene rings is 1. The molecule has 3 aliphatic rings. The summed E-state index contributed by atoms with van der Waals surface area (Å²) in [6.07, 6.45) is 1.23. The number of rotatable bonds is 4. The fourth-order valence-corrected chi connectivity index (χ4v) is 7.32. The van der Waals surface area contributed by atoms with Crippen LogP contribution in [0, 0.1) is 11.3 Å². The van der Waals surface area contributed by atoms with Gasteiger partial charge in [-0.1, -0.05) is 6.07 Å². The van der Waals surface area contributed by atoms with Crippen LogP contribution in [0.25, 0.3) is 0 Å². The maximum atomic E-state index is 13.6. The van der Waals surface area contributed by atoms with E-state index in [1.165, 1.54) is 25.4 Å². The Bertz CT molecular complexity index is 1180. The Morgan fingerprint density at radius 1 is 1.00 bits per heavy atom. The van der Waals surface area contributed by atoms with E-state index in [1.54, 1.807) is 12.1 Å². The number of amides is 4. The minimum atomic E-state index is -1.37. The largest absolute Gasteiger partial charge is 0.332 e. The van der Waals surface area contributed by atoms with Crippen LogP contribution in [-0.2, 0) is 22.6 Å². The van der Waals surface area contributed by atoms with Gasteiger partial charge in [0.25, 0.3) is 5.56 Å². The number of hydrogen-bond donors (Lipinski definition) is 0. The molecule has 0 radical (unpaired) electrons. The van der Waals surface area contributed by atoms with Crippen molar-refractivity contribution in [1.82, 2.24) is 19.3 Å². The first-order chi connectivity index (χ1) is 15.7. The molecule has 2 atom stereocenters. The summed E-state index contributed by atoms with van der Waals surface area (Å²) in [5.41, 5.74) is -0.329. The highest BCUT2D eigenvalue weighted by molar-refractivity contribution is 9.11. The Kier molecular flexibility index (Phi) is 5.57. The van der Waals surface area contributed by atoms with Gasteiger partial charge in [-0.15, -0.1) is 11.3 Å². The number of fused-ring (bicyclic) bond motifs is 4. The molecule has 174 valence electrons. The molecule has 2 fully saturated rings. The second-order valence-electron chi connectivity index (χ2n) is 9.37. The summed E-state index contributed by atoms with van der Waals surface area (Å²) >= 11 is 4.96. The Labute approximate surface area is 203 Å². The molecule has 33 heavy (non-hydrogen) atoms. The topological polar surface area (TPSA) is 82.9 Å². The molecule has 2 aromatic rings. The van der Waals surface area contributed by atoms with Crippen molar-refractivity contribution in [2.45, 2.75) is 25.3 Å². The van der Waals surface area contributed by atoms with Crippen molar-refractivity contribution in [2.24, 2.45) is 11.3 Å². The van der Waals surface area contributed by atoms with Gasteiger partial charge in [0.05, 0.1) is 3.79 Å². The minimum Gasteiger partial charge on any atom is -0.312 e. The van der Waals surface area contributed by atoms with Gasteiger partial charge >= 0.3 is 6.03 Å². The Morgan fingerprint density at radius 3 is 2.39 bits per heavy atom. The van der Waals surface area contributed by atoms with Gasteiger partial charge in [-0.25, -0.2) is 4.79 Å². The molecule has 0 aromatic carbocycles. The summed E-state index contributed by atoms with van der Waals surface area (Å²) in [6.45, 7) is 2.26. The lowest BCUT2D eigenvalue weighted by Crippen LogP contribution is -2.67. The first-order valence-corrected chi connectivity index (χ1v) is 12.6. The average Bonchev–Trinajstić information content (AvgIpc) is 3.20. The van der Waals surface area contributed by atoms with E-state index >= 15 is 0 Å². The van der Waals surface area contributed by atoms with Crippen molar-refractivity contribution in [3.63, 3.8) is 0 Å². The lowest BCUT2D eigenvalue weighted by atomic mass is 9.76. The van der Waals surface area contributed by atoms with Crippen LogP contribution in [0.4, 0.5) is 4.79 Å². The van der Waals surface area contributed by atoms with Crippen molar-refractivity contribution < 1.29 is 14.4 Å². The van der Waals surface area contributed by atoms with Gasteiger partial charge in [-0.2, -0.15) is 0 Å². The van der Waals surface area contributed by atoms with E-state index in [-0.39, 0.29) is 30.4 Å². The Morgan fingerprint density at radius 2 is 1.73 bits per heavy atom. The van der Waals surface area contributed by atoms with Gasteiger partial charge in [0, 0.05) is 69.3 Å². The van der Waals surface area contributed by atoms with E-state index in [0.717, 1.165) is 30.6 Å². The van der Waals surface area contributed by atoms with Gasteiger partial charge < -0.3 is 9.47 Å². The Balaban J connectivity index is 1.50. The minimum absolute atomic E-state index is 0.0230. The molecular weight excluding hydrogens is 508 g/mol. The number of piperidine rings is 1. The maximum Gasteiger partial charge on any atom is 0.332 e. The number of barbiturate groups is 1. The number of imide groups is 2. The molecule has 10 heteroatoms. The highest BCUT2D eigenvalue weighted by atomic mass is 79.9. The number of hydrogen-bond acceptors (Lipinski definition) is 6. The number of pyridine rings is 1. The molecule has 2 saturated heterocycles. The van der Waals surface area contributed by atoms with Crippen LogP contribution in [0.3, 0.4) is 0 Å². The number of carbonyl (C=O) groups excluding carboxylic acids is 3. The molecule has 5 heterocycles. The predicted octanol–water partition coefficient (Wildman–Crippen LogP) is 2.37. The van der Waals surface area contributed by atoms with E-state index in [0.29, 0.717) is 19.6 Å². The van der Waals surface area contributed by atoms with E-state index in [9.17, 15) is 19.2 Å². The Hall–Kier alpha value is -2.30. The highest BCUT2D eigenvalue weighted by Gasteiger charge is 2.56. The monoisotopic (exact) mass is 532 g/mol. The predicted molar refractivity (Wildman–Crippen MR) is 127 cm³/mol. The number of aromatic nitrogens is 1. The van der Waals surface area contributed by atoms with Crippen LogP contribution >= 0.6 is 27.3 Å². The lowest BCUT2D eigenvalue weighted by molar-refractivity contribution is -0.159. The summed E-state index contributed by atoms with van der Waals surface area (Å²) in [7, 11) is 2.89. The van der Waals surface area contributed by atoms with Crippen molar-refractivity contribution in [3.8, 4) is 0 Å². The molecule has 0 aliphatic carbocycles. The van der Waals surface area contributed by atoms with Gasteiger partial charge in [-0.3, -0.25) is 24.2 Å². The fourth-order valence-electron chi connectivity index (χ4n) is 5.73. The van der Waals surface area contributed by atoms with Crippen LogP contribution in [0.5, 0.6) is 0 Å². The third kappa shape index (κ3) is 3.68. The van der Waals surface area contributed by atoms with E-state index in [2.05, 4.69) is 20.8 Å². The van der Waals surface area contributed by atoms with Crippen LogP contribution in [-0.4, -0.2) is 70.8 Å². The van der Waals surface area contributed by atoms with Crippen molar-refractivity contribution in [2.75, 3.05) is 33.7 Å². The zero-order chi connectivity index (χ0) is 23.5. The molecule has 8 nitrogen and oxygen atoms in total.